The first kappa shape index (κ1) is 28.0. The lowest BCUT2D eigenvalue weighted by Gasteiger charge is -2.28. The van der Waals surface area contributed by atoms with Gasteiger partial charge in [0, 0.05) is 43.2 Å². The summed E-state index contributed by atoms with van der Waals surface area (Å²) in [5.74, 6) is 1.49. The summed E-state index contributed by atoms with van der Waals surface area (Å²) in [6.07, 6.45) is 7.76. The van der Waals surface area contributed by atoms with E-state index in [0.29, 0.717) is 59.4 Å². The van der Waals surface area contributed by atoms with Crippen LogP contribution in [0.25, 0.3) is 5.57 Å². The van der Waals surface area contributed by atoms with E-state index in [0.717, 1.165) is 5.57 Å². The molecule has 2 aliphatic heterocycles. The van der Waals surface area contributed by atoms with Crippen molar-refractivity contribution >= 4 is 74.9 Å². The Bertz CT molecular complexity index is 1360. The number of ether oxygens (including phenoxy) is 1. The number of hydrogen-bond donors (Lipinski definition) is 2. The van der Waals surface area contributed by atoms with Crippen LogP contribution in [0.1, 0.15) is 49.7 Å². The Hall–Kier alpha value is -2.54. The summed E-state index contributed by atoms with van der Waals surface area (Å²) >= 11 is 16.4. The molecule has 5 rings (SSSR count). The van der Waals surface area contributed by atoms with Gasteiger partial charge in [-0.05, 0) is 38.2 Å². The number of amides is 2. The van der Waals surface area contributed by atoms with Crippen LogP contribution in [0.3, 0.4) is 0 Å². The molecule has 15 heteroatoms. The lowest BCUT2D eigenvalue weighted by molar-refractivity contribution is -0.119. The summed E-state index contributed by atoms with van der Waals surface area (Å²) in [5, 5.41) is 5.10. The highest BCUT2D eigenvalue weighted by molar-refractivity contribution is 7.85. The van der Waals surface area contributed by atoms with Crippen molar-refractivity contribution in [2.24, 2.45) is 0 Å². The number of alkyl carbamates (subject to hydrolysis) is 1. The second kappa shape index (κ2) is 10.8. The maximum atomic E-state index is 12.8. The summed E-state index contributed by atoms with van der Waals surface area (Å²) in [6.45, 7) is 4.47. The van der Waals surface area contributed by atoms with Crippen LogP contribution in [-0.4, -0.2) is 70.9 Å². The number of carbonyl (C=O) groups is 2. The molecule has 2 aromatic heterocycles. The van der Waals surface area contributed by atoms with Gasteiger partial charge in [0.05, 0.1) is 22.0 Å². The zero-order valence-corrected chi connectivity index (χ0v) is 24.3. The molecule has 0 bridgehead atoms. The third-order valence-corrected chi connectivity index (χ3v) is 8.35. The minimum Gasteiger partial charge on any atom is -0.447 e. The van der Waals surface area contributed by atoms with Crippen LogP contribution in [0.15, 0.2) is 23.4 Å². The molecule has 1 saturated carbocycles. The van der Waals surface area contributed by atoms with Crippen LogP contribution < -0.4 is 15.5 Å². The average molecular weight is 615 g/mol. The first-order valence-electron chi connectivity index (χ1n) is 12.3. The molecular weight excluding hydrogens is 589 g/mol. The monoisotopic (exact) mass is 613 g/mol. The van der Waals surface area contributed by atoms with Crippen LogP contribution in [0.2, 0.25) is 0 Å². The van der Waals surface area contributed by atoms with Gasteiger partial charge in [-0.25, -0.2) is 19.7 Å². The predicted molar refractivity (Wildman–Crippen MR) is 149 cm³/mol. The van der Waals surface area contributed by atoms with Crippen molar-refractivity contribution in [2.75, 3.05) is 35.7 Å². The molecule has 0 aromatic carbocycles. The Morgan fingerprint density at radius 3 is 2.56 bits per heavy atom. The van der Waals surface area contributed by atoms with E-state index < -0.39 is 32.1 Å². The normalized spacial score (nSPS) is 18.9. The highest BCUT2D eigenvalue weighted by Gasteiger charge is 2.34. The van der Waals surface area contributed by atoms with Gasteiger partial charge in [0.15, 0.2) is 5.82 Å². The summed E-state index contributed by atoms with van der Waals surface area (Å²) in [4.78, 5) is 44.8. The molecule has 39 heavy (non-hydrogen) atoms. The van der Waals surface area contributed by atoms with Crippen LogP contribution in [0, 0.1) is 0 Å². The molecule has 1 atom stereocenters. The number of aryl methyl sites for hydroxylation is 1. The number of imide groups is 1. The number of nitrogens with one attached hydrogen (secondary N) is 2. The van der Waals surface area contributed by atoms with Crippen molar-refractivity contribution < 1.29 is 18.5 Å². The average Bonchev–Trinajstić information content (AvgIpc) is 3.48. The summed E-state index contributed by atoms with van der Waals surface area (Å²) in [5.41, 5.74) is 2.02. The minimum atomic E-state index is -2.30. The standard InChI is InChI=1S/C24H26Cl3N7O4S/c1-23(2,12-38-22(36)32-20(35)24(25,26)27)33-19-17-16(6-8-39(17)37)30-21(31-19)34-7-5-14(11-34)18-28-9-15(10-29-18)13-3-4-13/h5,9-10,13H,3-4,6-8,11-12H2,1-2H3,(H,30,31,33)(H,32,35,36)/t39-/m1/s1. The first-order chi connectivity index (χ1) is 18.4. The Balaban J connectivity index is 1.28. The number of anilines is 2. The van der Waals surface area contributed by atoms with Crippen molar-refractivity contribution in [2.45, 2.75) is 53.3 Å². The van der Waals surface area contributed by atoms with Gasteiger partial charge in [0.25, 0.3) is 9.70 Å². The first-order valence-corrected chi connectivity index (χ1v) is 14.7. The van der Waals surface area contributed by atoms with Crippen molar-refractivity contribution in [1.29, 1.82) is 0 Å². The van der Waals surface area contributed by atoms with E-state index in [1.54, 1.807) is 13.8 Å². The quantitative estimate of drug-likeness (QED) is 0.445. The Labute approximate surface area is 242 Å². The minimum absolute atomic E-state index is 0.170. The van der Waals surface area contributed by atoms with E-state index in [-0.39, 0.29) is 6.61 Å². The lowest BCUT2D eigenvalue weighted by Crippen LogP contribution is -2.43. The SMILES string of the molecule is CC(C)(COC(=O)NC(=O)C(Cl)(Cl)Cl)Nc1nc(N2CC=C(c3ncc(C4CC4)cn3)C2)nc2c1[S@](=O)CC2. The molecule has 0 saturated heterocycles. The van der Waals surface area contributed by atoms with Gasteiger partial charge in [0.2, 0.25) is 5.95 Å². The molecule has 2 aromatic rings. The van der Waals surface area contributed by atoms with E-state index in [1.165, 1.54) is 18.4 Å². The number of hydrogen-bond acceptors (Lipinski definition) is 10. The molecule has 1 aliphatic carbocycles. The van der Waals surface area contributed by atoms with E-state index in [2.05, 4.69) is 21.4 Å². The third-order valence-electron chi connectivity index (χ3n) is 6.38. The molecule has 0 unspecified atom stereocenters. The van der Waals surface area contributed by atoms with Gasteiger partial charge >= 0.3 is 6.09 Å². The maximum absolute atomic E-state index is 12.8. The van der Waals surface area contributed by atoms with Gasteiger partial charge in [-0.15, -0.1) is 0 Å². The number of halogens is 3. The molecule has 2 N–H and O–H groups in total. The van der Waals surface area contributed by atoms with E-state index in [9.17, 15) is 13.8 Å². The molecule has 3 aliphatic rings. The fourth-order valence-corrected chi connectivity index (χ4v) is 5.66. The molecule has 1 fully saturated rings. The smallest absolute Gasteiger partial charge is 0.414 e. The fourth-order valence-electron chi connectivity index (χ4n) is 4.21. The van der Waals surface area contributed by atoms with E-state index in [1.807, 2.05) is 22.6 Å². The molecule has 11 nitrogen and oxygen atoms in total. The van der Waals surface area contributed by atoms with Gasteiger partial charge in [-0.3, -0.25) is 14.3 Å². The molecule has 0 spiro atoms. The third kappa shape index (κ3) is 6.62. The van der Waals surface area contributed by atoms with Crippen LogP contribution >= 0.6 is 34.8 Å². The number of aromatic nitrogens is 4. The van der Waals surface area contributed by atoms with E-state index >= 15 is 0 Å². The Kier molecular flexibility index (Phi) is 7.75. The van der Waals surface area contributed by atoms with Crippen molar-refractivity contribution in [3.05, 3.63) is 35.6 Å². The molecule has 0 radical (unpaired) electrons. The fraction of sp³-hybridized carbons (Fsp3) is 0.500. The molecule has 4 heterocycles. The lowest BCUT2D eigenvalue weighted by atomic mass is 10.1. The van der Waals surface area contributed by atoms with Gasteiger partial charge in [0.1, 0.15) is 17.3 Å². The van der Waals surface area contributed by atoms with Crippen LogP contribution in [-0.2, 0) is 26.8 Å². The van der Waals surface area contributed by atoms with Crippen molar-refractivity contribution in [3.8, 4) is 0 Å². The second-order valence-corrected chi connectivity index (χ2v) is 14.0. The number of carbonyl (C=O) groups excluding carboxylic acids is 2. The molecular formula is C24H26Cl3N7O4S. The predicted octanol–water partition coefficient (Wildman–Crippen LogP) is 3.52. The van der Waals surface area contributed by atoms with E-state index in [4.69, 9.17) is 49.5 Å². The highest BCUT2D eigenvalue weighted by Crippen LogP contribution is 2.39. The van der Waals surface area contributed by atoms with Crippen molar-refractivity contribution in [1.82, 2.24) is 25.3 Å². The maximum Gasteiger partial charge on any atom is 0.414 e. The molecule has 208 valence electrons. The number of fused-ring (bicyclic) bond motifs is 1. The largest absolute Gasteiger partial charge is 0.447 e. The van der Waals surface area contributed by atoms with Crippen molar-refractivity contribution in [3.63, 3.8) is 0 Å². The second-order valence-electron chi connectivity index (χ2n) is 10.2. The summed E-state index contributed by atoms with van der Waals surface area (Å²) < 4.78 is 15.6. The zero-order chi connectivity index (χ0) is 27.9. The molecule has 2 amide bonds. The van der Waals surface area contributed by atoms with Gasteiger partial charge in [-0.1, -0.05) is 40.9 Å². The topological polar surface area (TPSA) is 139 Å². The van der Waals surface area contributed by atoms with Gasteiger partial charge in [-0.2, -0.15) is 4.98 Å². The zero-order valence-electron chi connectivity index (χ0n) is 21.2. The Morgan fingerprint density at radius 1 is 1.18 bits per heavy atom. The summed E-state index contributed by atoms with van der Waals surface area (Å²) in [6, 6.07) is 0. The Morgan fingerprint density at radius 2 is 1.90 bits per heavy atom. The van der Waals surface area contributed by atoms with Gasteiger partial charge < -0.3 is 15.0 Å². The number of nitrogens with zero attached hydrogens (tertiary/aromatic N) is 5. The van der Waals surface area contributed by atoms with Crippen LogP contribution in [0.4, 0.5) is 16.6 Å². The van der Waals surface area contributed by atoms with Crippen LogP contribution in [0.5, 0.6) is 0 Å². The highest BCUT2D eigenvalue weighted by atomic mass is 35.6. The summed E-state index contributed by atoms with van der Waals surface area (Å²) in [7, 11) is -1.27. The number of rotatable bonds is 7. The number of alkyl halides is 3.